The third-order valence-corrected chi connectivity index (χ3v) is 8.42. The zero-order valence-corrected chi connectivity index (χ0v) is 24.5. The number of H-pyrrole nitrogens is 1. The summed E-state index contributed by atoms with van der Waals surface area (Å²) in [5.74, 6) is 0.606. The fourth-order valence-electron chi connectivity index (χ4n) is 5.29. The number of allylic oxidation sites excluding steroid dienone is 2. The van der Waals surface area contributed by atoms with Crippen LogP contribution in [0.15, 0.2) is 69.6 Å². The highest BCUT2D eigenvalue weighted by molar-refractivity contribution is 7.97. The zero-order chi connectivity index (χ0) is 27.9. The van der Waals surface area contributed by atoms with Crippen LogP contribution in [0, 0.1) is 13.8 Å². The quantitative estimate of drug-likeness (QED) is 0.250. The van der Waals surface area contributed by atoms with Gasteiger partial charge in [0.25, 0.3) is 5.56 Å². The molecule has 6 N–H and O–H groups in total. The monoisotopic (exact) mass is 543 g/mol. The molecule has 0 radical (unpaired) electrons. The molecule has 6 nitrogen and oxygen atoms in total. The molecular weight excluding hydrogens is 502 g/mol. The van der Waals surface area contributed by atoms with Gasteiger partial charge in [0, 0.05) is 28.2 Å². The number of anilines is 2. The molecule has 0 atom stereocenters. The van der Waals surface area contributed by atoms with Crippen molar-refractivity contribution < 1.29 is 0 Å². The van der Waals surface area contributed by atoms with Gasteiger partial charge in [-0.3, -0.25) is 9.93 Å². The molecule has 7 heteroatoms. The molecule has 0 amide bonds. The minimum Gasteiger partial charge on any atom is -0.358 e. The van der Waals surface area contributed by atoms with E-state index in [1.54, 1.807) is 6.20 Å². The van der Waals surface area contributed by atoms with Gasteiger partial charge in [0.05, 0.1) is 10.9 Å². The zero-order valence-electron chi connectivity index (χ0n) is 23.7. The Balaban J connectivity index is 1.74. The molecule has 0 spiro atoms. The molecule has 0 unspecified atom stereocenters. The molecule has 39 heavy (non-hydrogen) atoms. The first-order chi connectivity index (χ1) is 18.8. The van der Waals surface area contributed by atoms with E-state index in [1.165, 1.54) is 41.5 Å². The van der Waals surface area contributed by atoms with Gasteiger partial charge in [-0.25, -0.2) is 0 Å². The second kappa shape index (κ2) is 13.2. The Morgan fingerprint density at radius 1 is 1.08 bits per heavy atom. The minimum absolute atomic E-state index is 0.126. The number of nitrogens with two attached hydrogens (primary N) is 1. The number of piperidine rings is 1. The van der Waals surface area contributed by atoms with Crippen molar-refractivity contribution >= 4 is 35.1 Å². The predicted molar refractivity (Wildman–Crippen MR) is 167 cm³/mol. The van der Waals surface area contributed by atoms with Crippen molar-refractivity contribution in [1.82, 2.24) is 10.3 Å². The molecule has 2 aromatic carbocycles. The molecule has 2 heterocycles. The van der Waals surface area contributed by atoms with Crippen molar-refractivity contribution in [2.24, 2.45) is 5.14 Å². The first kappa shape index (κ1) is 28.7. The maximum absolute atomic E-state index is 13.1. The third kappa shape index (κ3) is 6.85. The number of hydrogen-bond acceptors (Lipinski definition) is 6. The molecule has 4 rings (SSSR count). The summed E-state index contributed by atoms with van der Waals surface area (Å²) >= 11 is 1.24. The molecular formula is C32H41N5OS. The number of pyridine rings is 1. The number of aromatic amines is 1. The molecule has 1 aliphatic rings. The van der Waals surface area contributed by atoms with Crippen LogP contribution in [-0.2, 0) is 0 Å². The van der Waals surface area contributed by atoms with Crippen LogP contribution in [-0.4, -0.2) is 18.1 Å². The second-order valence-corrected chi connectivity index (χ2v) is 11.0. The topological polar surface area (TPSA) is 95.0 Å². The molecule has 0 aliphatic carbocycles. The van der Waals surface area contributed by atoms with E-state index in [9.17, 15) is 4.79 Å². The Kier molecular flexibility index (Phi) is 9.73. The van der Waals surface area contributed by atoms with Crippen LogP contribution in [0.1, 0.15) is 62.6 Å². The summed E-state index contributed by atoms with van der Waals surface area (Å²) in [4.78, 5) is 17.0. The van der Waals surface area contributed by atoms with Crippen LogP contribution in [0.4, 0.5) is 11.4 Å². The van der Waals surface area contributed by atoms with Crippen molar-refractivity contribution in [3.05, 3.63) is 97.4 Å². The van der Waals surface area contributed by atoms with E-state index in [1.807, 2.05) is 25.1 Å². The number of hydrogen-bond donors (Lipinski definition) is 5. The lowest BCUT2D eigenvalue weighted by molar-refractivity contribution is 0.459. The van der Waals surface area contributed by atoms with Crippen LogP contribution in [0.2, 0.25) is 0 Å². The lowest BCUT2D eigenvalue weighted by Crippen LogP contribution is -2.43. The van der Waals surface area contributed by atoms with E-state index in [0.717, 1.165) is 58.0 Å². The summed E-state index contributed by atoms with van der Waals surface area (Å²) in [5.41, 5.74) is 8.59. The maximum Gasteiger partial charge on any atom is 0.257 e. The summed E-state index contributed by atoms with van der Waals surface area (Å²) in [7, 11) is 0. The highest BCUT2D eigenvalue weighted by Crippen LogP contribution is 2.30. The number of aromatic nitrogens is 1. The highest BCUT2D eigenvalue weighted by Gasteiger charge is 2.17. The van der Waals surface area contributed by atoms with Gasteiger partial charge in [-0.15, -0.1) is 0 Å². The number of rotatable bonds is 8. The summed E-state index contributed by atoms with van der Waals surface area (Å²) in [6.07, 6.45) is 6.99. The lowest BCUT2D eigenvalue weighted by Gasteiger charge is -2.25. The normalized spacial score (nSPS) is 16.1. The smallest absolute Gasteiger partial charge is 0.257 e. The third-order valence-electron chi connectivity index (χ3n) is 7.64. The van der Waals surface area contributed by atoms with Crippen LogP contribution < -0.4 is 37.1 Å². The molecule has 1 fully saturated rings. The Labute approximate surface area is 236 Å². The van der Waals surface area contributed by atoms with Crippen LogP contribution in [0.3, 0.4) is 0 Å². The summed E-state index contributed by atoms with van der Waals surface area (Å²) < 4.78 is 0. The lowest BCUT2D eigenvalue weighted by atomic mass is 9.87. The van der Waals surface area contributed by atoms with Gasteiger partial charge >= 0.3 is 0 Å². The maximum atomic E-state index is 13.1. The van der Waals surface area contributed by atoms with Gasteiger partial charge in [0.1, 0.15) is 0 Å². The Morgan fingerprint density at radius 3 is 2.54 bits per heavy atom. The summed E-state index contributed by atoms with van der Waals surface area (Å²) in [6, 6.07) is 14.6. The van der Waals surface area contributed by atoms with Gasteiger partial charge in [-0.05, 0) is 130 Å². The molecule has 0 bridgehead atoms. The van der Waals surface area contributed by atoms with Gasteiger partial charge in [-0.2, -0.15) is 0 Å². The predicted octanol–water partition coefficient (Wildman–Crippen LogP) is 5.24. The van der Waals surface area contributed by atoms with Gasteiger partial charge in [-0.1, -0.05) is 30.7 Å². The van der Waals surface area contributed by atoms with Crippen LogP contribution in [0.5, 0.6) is 0 Å². The molecule has 3 aromatic rings. The average molecular weight is 544 g/mol. The Bertz CT molecular complexity index is 1530. The molecule has 1 saturated heterocycles. The fraction of sp³-hybridized carbons (Fsp3) is 0.344. The minimum atomic E-state index is -0.126. The Hall–Kier alpha value is -3.26. The molecule has 1 aliphatic heterocycles. The fourth-order valence-corrected chi connectivity index (χ4v) is 5.79. The number of nitrogens with one attached hydrogen (secondary N) is 4. The van der Waals surface area contributed by atoms with Crippen LogP contribution in [0.25, 0.3) is 11.8 Å². The van der Waals surface area contributed by atoms with Crippen molar-refractivity contribution in [3.8, 4) is 0 Å². The molecule has 0 saturated carbocycles. The largest absolute Gasteiger partial charge is 0.358 e. The number of benzene rings is 2. The van der Waals surface area contributed by atoms with Gasteiger partial charge in [0.15, 0.2) is 0 Å². The van der Waals surface area contributed by atoms with Gasteiger partial charge in [0.2, 0.25) is 0 Å². The van der Waals surface area contributed by atoms with Crippen molar-refractivity contribution in [2.45, 2.75) is 64.7 Å². The standard InChI is InChI=1S/C32H41N5OS/c1-6-20(2)29(37-28-9-7-8-21(3)31(28)39-33)19-25-14-17-35-32(38)30(25)23(5)36-26-10-11-27(22(4)18-26)24-12-15-34-16-13-24/h7-11,14,17-19,24,34,36-37H,6,12-13,15-16,33H2,1-5H3,(H,35,38)/b25-19-,29-20-,30-23-. The summed E-state index contributed by atoms with van der Waals surface area (Å²) in [5, 5.41) is 18.0. The summed E-state index contributed by atoms with van der Waals surface area (Å²) in [6.45, 7) is 12.6. The van der Waals surface area contributed by atoms with E-state index in [0.29, 0.717) is 11.1 Å². The van der Waals surface area contributed by atoms with Crippen LogP contribution >= 0.6 is 11.9 Å². The highest BCUT2D eigenvalue weighted by atomic mass is 32.2. The van der Waals surface area contributed by atoms with Crippen molar-refractivity contribution in [2.75, 3.05) is 23.7 Å². The second-order valence-electron chi connectivity index (χ2n) is 10.4. The van der Waals surface area contributed by atoms with Crippen molar-refractivity contribution in [3.63, 3.8) is 0 Å². The van der Waals surface area contributed by atoms with E-state index in [2.05, 4.69) is 79.0 Å². The SMILES string of the molecule is CC/C(C)=C(/C=c1/cc[nH]c(=O)/c1=C(/C)Nc1ccc(C2CCNCC2)c(C)c1)Nc1cccc(C)c1SN. The molecule has 206 valence electrons. The number of aryl methyl sites for hydroxylation is 2. The van der Waals surface area contributed by atoms with E-state index >= 15 is 0 Å². The Morgan fingerprint density at radius 2 is 1.85 bits per heavy atom. The van der Waals surface area contributed by atoms with E-state index in [-0.39, 0.29) is 5.56 Å². The first-order valence-electron chi connectivity index (χ1n) is 13.7. The van der Waals surface area contributed by atoms with E-state index < -0.39 is 0 Å². The van der Waals surface area contributed by atoms with Gasteiger partial charge < -0.3 is 20.9 Å². The van der Waals surface area contributed by atoms with E-state index in [4.69, 9.17) is 5.14 Å². The van der Waals surface area contributed by atoms with Crippen molar-refractivity contribution in [1.29, 1.82) is 0 Å². The first-order valence-corrected chi connectivity index (χ1v) is 14.6. The molecule has 1 aromatic heterocycles. The average Bonchev–Trinajstić information content (AvgIpc) is 2.93.